The van der Waals surface area contributed by atoms with Crippen LogP contribution in [0.2, 0.25) is 0 Å². The first-order valence-corrected chi connectivity index (χ1v) is 7.62. The maximum atomic E-state index is 3.66. The normalized spacial score (nSPS) is 33.5. The Morgan fingerprint density at radius 1 is 1.06 bits per heavy atom. The van der Waals surface area contributed by atoms with Crippen LogP contribution in [0.3, 0.4) is 0 Å². The van der Waals surface area contributed by atoms with E-state index in [1.54, 1.807) is 6.42 Å². The van der Waals surface area contributed by atoms with Crippen LogP contribution in [-0.2, 0) is 0 Å². The second kappa shape index (κ2) is 6.19. The van der Waals surface area contributed by atoms with Gasteiger partial charge in [0.05, 0.1) is 0 Å². The first-order chi connectivity index (χ1) is 8.15. The molecule has 2 nitrogen and oxygen atoms in total. The number of fused-ring (bicyclic) bond motifs is 2. The molecule has 0 aromatic heterocycles. The summed E-state index contributed by atoms with van der Waals surface area (Å²) in [6.45, 7) is 9.02. The summed E-state index contributed by atoms with van der Waals surface area (Å²) in [5.41, 5.74) is 0. The highest BCUT2D eigenvalue weighted by atomic mass is 15.0. The van der Waals surface area contributed by atoms with Gasteiger partial charge in [-0.2, -0.15) is 0 Å². The van der Waals surface area contributed by atoms with Crippen LogP contribution < -0.4 is 10.6 Å². The number of hydrogen-bond donors (Lipinski definition) is 2. The highest BCUT2D eigenvalue weighted by molar-refractivity contribution is 4.90. The fourth-order valence-electron chi connectivity index (χ4n) is 3.73. The van der Waals surface area contributed by atoms with E-state index >= 15 is 0 Å². The molecule has 0 aromatic rings. The van der Waals surface area contributed by atoms with Gasteiger partial charge in [-0.05, 0) is 56.9 Å². The monoisotopic (exact) mass is 238 g/mol. The molecule has 2 heteroatoms. The first-order valence-electron chi connectivity index (χ1n) is 7.62. The molecule has 0 amide bonds. The van der Waals surface area contributed by atoms with Gasteiger partial charge in [-0.25, -0.2) is 0 Å². The van der Waals surface area contributed by atoms with Crippen LogP contribution in [-0.4, -0.2) is 25.2 Å². The van der Waals surface area contributed by atoms with Gasteiger partial charge in [-0.15, -0.1) is 0 Å². The van der Waals surface area contributed by atoms with Crippen LogP contribution in [0.25, 0.3) is 0 Å². The van der Waals surface area contributed by atoms with E-state index < -0.39 is 0 Å². The third-order valence-electron chi connectivity index (χ3n) is 4.72. The predicted octanol–water partition coefficient (Wildman–Crippen LogP) is 2.79. The van der Waals surface area contributed by atoms with Gasteiger partial charge < -0.3 is 10.6 Å². The number of nitrogens with one attached hydrogen (secondary N) is 2. The van der Waals surface area contributed by atoms with Crippen molar-refractivity contribution >= 4 is 0 Å². The van der Waals surface area contributed by atoms with E-state index in [0.29, 0.717) is 12.1 Å². The standard InChI is InChI=1S/C15H30N2/c1-11(2)17-10-12(3)16-7-6-15-9-13-4-5-14(15)8-13/h11-17H,4-10H2,1-3H3. The lowest BCUT2D eigenvalue weighted by molar-refractivity contribution is 0.305. The van der Waals surface area contributed by atoms with E-state index in [2.05, 4.69) is 31.4 Å². The molecular formula is C15H30N2. The lowest BCUT2D eigenvalue weighted by atomic mass is 9.86. The fraction of sp³-hybridized carbons (Fsp3) is 1.00. The highest BCUT2D eigenvalue weighted by Crippen LogP contribution is 2.49. The molecule has 4 unspecified atom stereocenters. The summed E-state index contributed by atoms with van der Waals surface area (Å²) in [5.74, 6) is 3.24. The van der Waals surface area contributed by atoms with E-state index in [1.165, 1.54) is 32.2 Å². The molecule has 0 heterocycles. The van der Waals surface area contributed by atoms with Crippen LogP contribution in [0.5, 0.6) is 0 Å². The van der Waals surface area contributed by atoms with Crippen molar-refractivity contribution in [1.82, 2.24) is 10.6 Å². The SMILES string of the molecule is CC(C)NCC(C)NCCC1CC2CCC1C2. The van der Waals surface area contributed by atoms with E-state index in [4.69, 9.17) is 0 Å². The van der Waals surface area contributed by atoms with Crippen molar-refractivity contribution in [3.05, 3.63) is 0 Å². The van der Waals surface area contributed by atoms with E-state index in [9.17, 15) is 0 Å². The van der Waals surface area contributed by atoms with Crippen molar-refractivity contribution in [1.29, 1.82) is 0 Å². The molecule has 2 N–H and O–H groups in total. The second-order valence-electron chi connectivity index (χ2n) is 6.64. The van der Waals surface area contributed by atoms with Gasteiger partial charge in [0.2, 0.25) is 0 Å². The van der Waals surface area contributed by atoms with Gasteiger partial charge in [0.1, 0.15) is 0 Å². The average molecular weight is 238 g/mol. The Hall–Kier alpha value is -0.0800. The lowest BCUT2D eigenvalue weighted by Gasteiger charge is -2.23. The van der Waals surface area contributed by atoms with Crippen molar-refractivity contribution in [2.75, 3.05) is 13.1 Å². The Balaban J connectivity index is 1.54. The Morgan fingerprint density at radius 3 is 2.47 bits per heavy atom. The zero-order valence-electron chi connectivity index (χ0n) is 11.8. The average Bonchev–Trinajstić information content (AvgIpc) is 2.88. The summed E-state index contributed by atoms with van der Waals surface area (Å²) >= 11 is 0. The molecule has 4 atom stereocenters. The van der Waals surface area contributed by atoms with Crippen molar-refractivity contribution < 1.29 is 0 Å². The second-order valence-corrected chi connectivity index (χ2v) is 6.64. The molecule has 0 saturated heterocycles. The third-order valence-corrected chi connectivity index (χ3v) is 4.72. The maximum absolute atomic E-state index is 3.66. The summed E-state index contributed by atoms with van der Waals surface area (Å²) in [6, 6.07) is 1.21. The van der Waals surface area contributed by atoms with Gasteiger partial charge in [0.15, 0.2) is 0 Å². The molecular weight excluding hydrogens is 208 g/mol. The summed E-state index contributed by atoms with van der Waals surface area (Å²) in [6.07, 6.45) is 7.55. The van der Waals surface area contributed by atoms with Crippen LogP contribution in [0.15, 0.2) is 0 Å². The van der Waals surface area contributed by atoms with Gasteiger partial charge in [0, 0.05) is 18.6 Å². The minimum Gasteiger partial charge on any atom is -0.313 e. The quantitative estimate of drug-likeness (QED) is 0.713. The zero-order valence-corrected chi connectivity index (χ0v) is 11.8. The molecule has 0 radical (unpaired) electrons. The van der Waals surface area contributed by atoms with E-state index in [1.807, 2.05) is 0 Å². The predicted molar refractivity (Wildman–Crippen MR) is 74.2 cm³/mol. The van der Waals surface area contributed by atoms with E-state index in [-0.39, 0.29) is 0 Å². The Bertz CT molecular complexity index is 227. The number of hydrogen-bond acceptors (Lipinski definition) is 2. The zero-order chi connectivity index (χ0) is 12.3. The lowest BCUT2D eigenvalue weighted by Crippen LogP contribution is -2.39. The summed E-state index contributed by atoms with van der Waals surface area (Å²) in [4.78, 5) is 0. The third kappa shape index (κ3) is 3.96. The maximum Gasteiger partial charge on any atom is 0.0164 e. The largest absolute Gasteiger partial charge is 0.313 e. The van der Waals surface area contributed by atoms with Crippen LogP contribution in [0.4, 0.5) is 0 Å². The molecule has 2 fully saturated rings. The van der Waals surface area contributed by atoms with Crippen LogP contribution in [0, 0.1) is 17.8 Å². The van der Waals surface area contributed by atoms with E-state index in [0.717, 1.165) is 24.3 Å². The van der Waals surface area contributed by atoms with Gasteiger partial charge in [-0.3, -0.25) is 0 Å². The minimum absolute atomic E-state index is 0.602. The fourth-order valence-corrected chi connectivity index (χ4v) is 3.73. The molecule has 100 valence electrons. The number of rotatable bonds is 7. The Morgan fingerprint density at radius 2 is 1.88 bits per heavy atom. The molecule has 0 aliphatic heterocycles. The van der Waals surface area contributed by atoms with Crippen LogP contribution >= 0.6 is 0 Å². The molecule has 2 aliphatic rings. The molecule has 17 heavy (non-hydrogen) atoms. The summed E-state index contributed by atoms with van der Waals surface area (Å²) < 4.78 is 0. The Kier molecular flexibility index (Phi) is 4.87. The van der Waals surface area contributed by atoms with Gasteiger partial charge in [0.25, 0.3) is 0 Å². The molecule has 2 aliphatic carbocycles. The summed E-state index contributed by atoms with van der Waals surface area (Å²) in [5, 5.41) is 7.15. The first kappa shape index (κ1) is 13.4. The minimum atomic E-state index is 0.602. The van der Waals surface area contributed by atoms with Crippen molar-refractivity contribution in [2.45, 2.75) is 65.0 Å². The van der Waals surface area contributed by atoms with Crippen molar-refractivity contribution in [3.63, 3.8) is 0 Å². The molecule has 0 aromatic carbocycles. The highest BCUT2D eigenvalue weighted by Gasteiger charge is 2.38. The molecule has 2 saturated carbocycles. The summed E-state index contributed by atoms with van der Waals surface area (Å²) in [7, 11) is 0. The van der Waals surface area contributed by atoms with Gasteiger partial charge in [-0.1, -0.05) is 20.3 Å². The van der Waals surface area contributed by atoms with Crippen LogP contribution in [0.1, 0.15) is 52.9 Å². The molecule has 2 rings (SSSR count). The molecule has 2 bridgehead atoms. The topological polar surface area (TPSA) is 24.1 Å². The van der Waals surface area contributed by atoms with Gasteiger partial charge >= 0.3 is 0 Å². The Labute approximate surface area is 107 Å². The van der Waals surface area contributed by atoms with Crippen molar-refractivity contribution in [3.8, 4) is 0 Å². The molecule has 0 spiro atoms. The smallest absolute Gasteiger partial charge is 0.0164 e. The van der Waals surface area contributed by atoms with Crippen molar-refractivity contribution in [2.24, 2.45) is 17.8 Å².